The van der Waals surface area contributed by atoms with Crippen molar-refractivity contribution in [1.82, 2.24) is 14.8 Å². The quantitative estimate of drug-likeness (QED) is 0.625. The number of aromatic nitrogens is 3. The van der Waals surface area contributed by atoms with Gasteiger partial charge < -0.3 is 9.47 Å². The van der Waals surface area contributed by atoms with Gasteiger partial charge in [0.15, 0.2) is 0 Å². The molecule has 0 aliphatic carbocycles. The van der Waals surface area contributed by atoms with Crippen molar-refractivity contribution in [3.8, 4) is 22.7 Å². The largest absolute Gasteiger partial charge is 0.435 e. The van der Waals surface area contributed by atoms with Crippen LogP contribution in [0.15, 0.2) is 30.3 Å². The lowest BCUT2D eigenvalue weighted by Crippen LogP contribution is -2.21. The first-order chi connectivity index (χ1) is 13.8. The number of halogens is 2. The van der Waals surface area contributed by atoms with Gasteiger partial charge in [0, 0.05) is 28.9 Å². The minimum atomic E-state index is -2.85. The molecule has 0 N–H and O–H groups in total. The molecular weight excluding hydrogens is 376 g/mol. The smallest absolute Gasteiger partial charge is 0.387 e. The summed E-state index contributed by atoms with van der Waals surface area (Å²) in [6.07, 6.45) is 0.800. The van der Waals surface area contributed by atoms with Crippen molar-refractivity contribution in [1.29, 1.82) is 0 Å². The number of hydrogen-bond donors (Lipinski definition) is 0. The van der Waals surface area contributed by atoms with Crippen LogP contribution in [0.1, 0.15) is 35.1 Å². The van der Waals surface area contributed by atoms with Crippen LogP contribution in [0, 0.1) is 20.8 Å². The molecule has 3 heterocycles. The maximum atomic E-state index is 12.6. The zero-order chi connectivity index (χ0) is 20.7. The normalized spacial score (nSPS) is 16.2. The summed E-state index contributed by atoms with van der Waals surface area (Å²) in [5, 5.41) is 4.90. The van der Waals surface area contributed by atoms with E-state index in [0.29, 0.717) is 12.2 Å². The minimum absolute atomic E-state index is 0.0780. The fourth-order valence-electron chi connectivity index (χ4n) is 3.81. The van der Waals surface area contributed by atoms with Crippen molar-refractivity contribution in [3.05, 3.63) is 58.5 Å². The first-order valence-electron chi connectivity index (χ1n) is 9.55. The van der Waals surface area contributed by atoms with Gasteiger partial charge in [-0.2, -0.15) is 13.9 Å². The van der Waals surface area contributed by atoms with Gasteiger partial charge in [-0.25, -0.2) is 4.68 Å². The maximum absolute atomic E-state index is 12.6. The first-order valence-corrected chi connectivity index (χ1v) is 9.55. The van der Waals surface area contributed by atoms with Crippen molar-refractivity contribution < 1.29 is 18.3 Å². The molecule has 1 unspecified atom stereocenters. The lowest BCUT2D eigenvalue weighted by Gasteiger charge is -2.21. The van der Waals surface area contributed by atoms with Gasteiger partial charge in [0.25, 0.3) is 0 Å². The van der Waals surface area contributed by atoms with E-state index in [1.807, 2.05) is 43.7 Å². The molecule has 1 aliphatic rings. The highest BCUT2D eigenvalue weighted by Gasteiger charge is 2.26. The molecule has 152 valence electrons. The van der Waals surface area contributed by atoms with Crippen LogP contribution in [0.5, 0.6) is 5.75 Å². The average Bonchev–Trinajstić information content (AvgIpc) is 3.01. The van der Waals surface area contributed by atoms with E-state index in [4.69, 9.17) is 9.84 Å². The third kappa shape index (κ3) is 3.87. The van der Waals surface area contributed by atoms with Crippen molar-refractivity contribution >= 4 is 0 Å². The molecule has 0 saturated heterocycles. The van der Waals surface area contributed by atoms with E-state index >= 15 is 0 Å². The van der Waals surface area contributed by atoms with E-state index in [-0.39, 0.29) is 11.9 Å². The molecule has 0 saturated carbocycles. The van der Waals surface area contributed by atoms with Crippen LogP contribution in [0.2, 0.25) is 0 Å². The van der Waals surface area contributed by atoms with Crippen LogP contribution in [-0.2, 0) is 17.8 Å². The fourth-order valence-corrected chi connectivity index (χ4v) is 3.81. The highest BCUT2D eigenvalue weighted by molar-refractivity contribution is 5.66. The third-order valence-corrected chi connectivity index (χ3v) is 5.06. The summed E-state index contributed by atoms with van der Waals surface area (Å²) in [5.74, 6) is 0.169. The summed E-state index contributed by atoms with van der Waals surface area (Å²) in [5.41, 5.74) is 7.29. The molecule has 4 rings (SSSR count). The Morgan fingerprint density at radius 1 is 1.14 bits per heavy atom. The standard InChI is InChI=1S/C22H23F2N3O2/c1-12-7-17(5-6-20(12)29-22(23)24)27-19-10-15(4)28-11-18(19)21(26-27)16-8-13(2)25-14(3)9-16/h5-9,15,22H,10-11H2,1-4H3. The summed E-state index contributed by atoms with van der Waals surface area (Å²) in [6, 6.07) is 9.17. The summed E-state index contributed by atoms with van der Waals surface area (Å²) in [4.78, 5) is 4.45. The molecule has 0 amide bonds. The molecule has 1 atom stereocenters. The molecule has 0 fully saturated rings. The number of nitrogens with zero attached hydrogens (tertiary/aromatic N) is 3. The third-order valence-electron chi connectivity index (χ3n) is 5.06. The molecule has 0 bridgehead atoms. The van der Waals surface area contributed by atoms with Crippen LogP contribution >= 0.6 is 0 Å². The molecule has 0 spiro atoms. The predicted octanol–water partition coefficient (Wildman–Crippen LogP) is 4.92. The van der Waals surface area contributed by atoms with Crippen molar-refractivity contribution in [2.24, 2.45) is 0 Å². The van der Waals surface area contributed by atoms with Gasteiger partial charge in [0.05, 0.1) is 29.8 Å². The molecular formula is C22H23F2N3O2. The second kappa shape index (κ2) is 7.55. The first kappa shape index (κ1) is 19.5. The van der Waals surface area contributed by atoms with E-state index in [9.17, 15) is 8.78 Å². The monoisotopic (exact) mass is 399 g/mol. The summed E-state index contributed by atoms with van der Waals surface area (Å²) >= 11 is 0. The van der Waals surface area contributed by atoms with Crippen LogP contribution < -0.4 is 4.74 Å². The Morgan fingerprint density at radius 2 is 1.86 bits per heavy atom. The zero-order valence-electron chi connectivity index (χ0n) is 16.9. The number of aryl methyl sites for hydroxylation is 3. The van der Waals surface area contributed by atoms with E-state index < -0.39 is 6.61 Å². The topological polar surface area (TPSA) is 49.2 Å². The van der Waals surface area contributed by atoms with Gasteiger partial charge in [-0.05, 0) is 63.6 Å². The molecule has 3 aromatic rings. The van der Waals surface area contributed by atoms with Gasteiger partial charge >= 0.3 is 6.61 Å². The predicted molar refractivity (Wildman–Crippen MR) is 106 cm³/mol. The van der Waals surface area contributed by atoms with Gasteiger partial charge in [0.2, 0.25) is 0 Å². The SMILES string of the molecule is Cc1cc(-c2nn(-c3ccc(OC(F)F)c(C)c3)c3c2COC(C)C3)cc(C)n1. The van der Waals surface area contributed by atoms with E-state index in [1.54, 1.807) is 19.1 Å². The van der Waals surface area contributed by atoms with Gasteiger partial charge in [-0.1, -0.05) is 0 Å². The van der Waals surface area contributed by atoms with Crippen molar-refractivity contribution in [2.75, 3.05) is 0 Å². The lowest BCUT2D eigenvalue weighted by molar-refractivity contribution is -0.0502. The molecule has 29 heavy (non-hydrogen) atoms. The van der Waals surface area contributed by atoms with Gasteiger partial charge in [0.1, 0.15) is 5.75 Å². The van der Waals surface area contributed by atoms with Crippen LogP contribution in [0.3, 0.4) is 0 Å². The number of ether oxygens (including phenoxy) is 2. The number of hydrogen-bond acceptors (Lipinski definition) is 4. The Kier molecular flexibility index (Phi) is 5.08. The van der Waals surface area contributed by atoms with Crippen LogP contribution in [-0.4, -0.2) is 27.5 Å². The highest BCUT2D eigenvalue weighted by Crippen LogP contribution is 2.34. The van der Waals surface area contributed by atoms with Crippen molar-refractivity contribution in [3.63, 3.8) is 0 Å². The molecule has 7 heteroatoms. The Morgan fingerprint density at radius 3 is 2.52 bits per heavy atom. The summed E-state index contributed by atoms with van der Waals surface area (Å²) < 4.78 is 37.5. The van der Waals surface area contributed by atoms with E-state index in [0.717, 1.165) is 46.0 Å². The minimum Gasteiger partial charge on any atom is -0.435 e. The Bertz CT molecular complexity index is 1040. The van der Waals surface area contributed by atoms with E-state index in [1.165, 1.54) is 0 Å². The zero-order valence-corrected chi connectivity index (χ0v) is 16.9. The van der Waals surface area contributed by atoms with E-state index in [2.05, 4.69) is 9.72 Å². The maximum Gasteiger partial charge on any atom is 0.387 e. The summed E-state index contributed by atoms with van der Waals surface area (Å²) in [7, 11) is 0. The van der Waals surface area contributed by atoms with Crippen LogP contribution in [0.25, 0.3) is 16.9 Å². The Balaban J connectivity index is 1.84. The molecule has 5 nitrogen and oxygen atoms in total. The number of benzene rings is 1. The molecule has 2 aromatic heterocycles. The second-order valence-corrected chi connectivity index (χ2v) is 7.48. The van der Waals surface area contributed by atoms with Gasteiger partial charge in [-0.3, -0.25) is 4.98 Å². The molecule has 1 aromatic carbocycles. The van der Waals surface area contributed by atoms with Crippen LogP contribution in [0.4, 0.5) is 8.78 Å². The summed E-state index contributed by atoms with van der Waals surface area (Å²) in [6.45, 7) is 5.34. The lowest BCUT2D eigenvalue weighted by atomic mass is 10.0. The number of fused-ring (bicyclic) bond motifs is 1. The molecule has 1 aliphatic heterocycles. The van der Waals surface area contributed by atoms with Gasteiger partial charge in [-0.15, -0.1) is 0 Å². The number of pyridine rings is 1. The second-order valence-electron chi connectivity index (χ2n) is 7.48. The number of rotatable bonds is 4. The number of alkyl halides is 2. The molecule has 0 radical (unpaired) electrons. The van der Waals surface area contributed by atoms with Crippen molar-refractivity contribution in [2.45, 2.75) is 53.4 Å². The average molecular weight is 399 g/mol. The highest BCUT2D eigenvalue weighted by atomic mass is 19.3. The fraction of sp³-hybridized carbons (Fsp3) is 0.364. The Hall–Kier alpha value is -2.80. The Labute approximate surface area is 168 Å².